The third-order valence-corrected chi connectivity index (χ3v) is 7.11. The minimum absolute atomic E-state index is 0.0880. The predicted octanol–water partition coefficient (Wildman–Crippen LogP) is 3.60. The van der Waals surface area contributed by atoms with Crippen molar-refractivity contribution in [1.29, 1.82) is 0 Å². The number of aliphatic hydroxyl groups excluding tert-OH is 1. The Hall–Kier alpha value is -3.65. The van der Waals surface area contributed by atoms with Gasteiger partial charge in [-0.1, -0.05) is 25.1 Å². The van der Waals surface area contributed by atoms with Gasteiger partial charge >= 0.3 is 0 Å². The van der Waals surface area contributed by atoms with Crippen LogP contribution in [0.3, 0.4) is 0 Å². The molecule has 3 aliphatic heterocycles. The molecule has 2 unspecified atom stereocenters. The summed E-state index contributed by atoms with van der Waals surface area (Å²) in [5.41, 5.74) is -0.471. The van der Waals surface area contributed by atoms with E-state index in [4.69, 9.17) is 9.47 Å². The standard InChI is InChI=1S/C28H30N2O6/c1-3-15-29-22-10-6-5-9-21(22)28(27(29)34)23(24(31)18-11-13-19(14-12-18)35-4-2)25(32)26(33)30(28)17-20-8-7-16-36-20/h5-6,9-14,20,31H,3-4,7-8,15-17H2,1-2H3/b24-23+. The number of hydrogen-bond acceptors (Lipinski definition) is 6. The van der Waals surface area contributed by atoms with Crippen LogP contribution >= 0.6 is 0 Å². The van der Waals surface area contributed by atoms with Gasteiger partial charge in [0.25, 0.3) is 17.6 Å². The van der Waals surface area contributed by atoms with E-state index in [1.54, 1.807) is 41.3 Å². The van der Waals surface area contributed by atoms with Crippen LogP contribution in [-0.4, -0.2) is 60.0 Å². The molecule has 1 N–H and O–H groups in total. The maximum atomic E-state index is 14.3. The Morgan fingerprint density at radius 2 is 1.86 bits per heavy atom. The normalized spacial score (nSPS) is 24.7. The van der Waals surface area contributed by atoms with E-state index in [0.29, 0.717) is 48.7 Å². The van der Waals surface area contributed by atoms with Gasteiger partial charge in [0.1, 0.15) is 11.5 Å². The van der Waals surface area contributed by atoms with E-state index >= 15 is 0 Å². The molecule has 2 aromatic carbocycles. The van der Waals surface area contributed by atoms with E-state index in [1.807, 2.05) is 26.0 Å². The molecule has 188 valence electrons. The number of carbonyl (C=O) groups excluding carboxylic acids is 3. The van der Waals surface area contributed by atoms with Crippen LogP contribution in [0.25, 0.3) is 5.76 Å². The molecule has 0 bridgehead atoms. The summed E-state index contributed by atoms with van der Waals surface area (Å²) in [6, 6.07) is 13.8. The van der Waals surface area contributed by atoms with Gasteiger partial charge in [0, 0.05) is 30.8 Å². The highest BCUT2D eigenvalue weighted by Crippen LogP contribution is 2.53. The zero-order chi connectivity index (χ0) is 25.4. The van der Waals surface area contributed by atoms with Gasteiger partial charge in [-0.3, -0.25) is 14.4 Å². The SMILES string of the molecule is CCCN1C(=O)C2(/C(=C(/O)c3ccc(OCC)cc3)C(=O)C(=O)N2CC2CCCO2)c2ccccc21. The summed E-state index contributed by atoms with van der Waals surface area (Å²) in [5.74, 6) is -1.86. The fourth-order valence-corrected chi connectivity index (χ4v) is 5.57. The second kappa shape index (κ2) is 9.43. The molecule has 2 saturated heterocycles. The Kier molecular flexibility index (Phi) is 6.30. The first-order valence-corrected chi connectivity index (χ1v) is 12.5. The van der Waals surface area contributed by atoms with Crippen molar-refractivity contribution in [2.45, 2.75) is 44.8 Å². The topological polar surface area (TPSA) is 96.4 Å². The second-order valence-electron chi connectivity index (χ2n) is 9.25. The number of fused-ring (bicyclic) bond motifs is 2. The molecule has 2 aromatic rings. The van der Waals surface area contributed by atoms with Crippen molar-refractivity contribution in [2.24, 2.45) is 0 Å². The predicted molar refractivity (Wildman–Crippen MR) is 134 cm³/mol. The van der Waals surface area contributed by atoms with Gasteiger partial charge in [-0.2, -0.15) is 0 Å². The number of hydrogen-bond donors (Lipinski definition) is 1. The van der Waals surface area contributed by atoms with Gasteiger partial charge in [-0.15, -0.1) is 0 Å². The summed E-state index contributed by atoms with van der Waals surface area (Å²) in [6.45, 7) is 5.40. The first kappa shape index (κ1) is 24.1. The maximum absolute atomic E-state index is 14.3. The van der Waals surface area contributed by atoms with Crippen LogP contribution in [0, 0.1) is 0 Å². The summed E-state index contributed by atoms with van der Waals surface area (Å²) in [7, 11) is 0. The molecule has 0 aromatic heterocycles. The van der Waals surface area contributed by atoms with Gasteiger partial charge in [0.15, 0.2) is 5.54 Å². The molecule has 3 heterocycles. The van der Waals surface area contributed by atoms with Crippen molar-refractivity contribution in [3.63, 3.8) is 0 Å². The van der Waals surface area contributed by atoms with Crippen molar-refractivity contribution < 1.29 is 29.0 Å². The molecule has 0 aliphatic carbocycles. The Balaban J connectivity index is 1.74. The van der Waals surface area contributed by atoms with E-state index in [9.17, 15) is 19.5 Å². The van der Waals surface area contributed by atoms with E-state index in [2.05, 4.69) is 0 Å². The average molecular weight is 491 g/mol. The second-order valence-corrected chi connectivity index (χ2v) is 9.25. The molecule has 2 atom stereocenters. The lowest BCUT2D eigenvalue weighted by Gasteiger charge is -2.35. The molecule has 1 spiro atoms. The average Bonchev–Trinajstić information content (AvgIpc) is 3.55. The van der Waals surface area contributed by atoms with Gasteiger partial charge in [0.05, 0.1) is 24.0 Å². The zero-order valence-electron chi connectivity index (χ0n) is 20.5. The highest BCUT2D eigenvalue weighted by Gasteiger charge is 2.67. The Labute approximate surface area is 210 Å². The number of ketones is 1. The van der Waals surface area contributed by atoms with Crippen LogP contribution in [0.1, 0.15) is 44.2 Å². The van der Waals surface area contributed by atoms with E-state index in [-0.39, 0.29) is 24.0 Å². The monoisotopic (exact) mass is 490 g/mol. The number of amides is 2. The van der Waals surface area contributed by atoms with Crippen LogP contribution < -0.4 is 9.64 Å². The highest BCUT2D eigenvalue weighted by atomic mass is 16.5. The lowest BCUT2D eigenvalue weighted by atomic mass is 9.81. The van der Waals surface area contributed by atoms with Crippen LogP contribution in [0.5, 0.6) is 5.75 Å². The Morgan fingerprint density at radius 3 is 2.53 bits per heavy atom. The van der Waals surface area contributed by atoms with Crippen molar-refractivity contribution in [1.82, 2.24) is 4.90 Å². The number of ether oxygens (including phenoxy) is 2. The first-order chi connectivity index (χ1) is 17.4. The number of aliphatic hydroxyl groups is 1. The molecule has 3 aliphatic rings. The zero-order valence-corrected chi connectivity index (χ0v) is 20.5. The number of nitrogens with zero attached hydrogens (tertiary/aromatic N) is 2. The first-order valence-electron chi connectivity index (χ1n) is 12.5. The van der Waals surface area contributed by atoms with Crippen LogP contribution in [0.15, 0.2) is 54.1 Å². The van der Waals surface area contributed by atoms with Crippen molar-refractivity contribution >= 4 is 29.0 Å². The van der Waals surface area contributed by atoms with Crippen molar-refractivity contribution in [3.8, 4) is 5.75 Å². The highest BCUT2D eigenvalue weighted by molar-refractivity contribution is 6.50. The minimum Gasteiger partial charge on any atom is -0.507 e. The molecule has 2 amide bonds. The van der Waals surface area contributed by atoms with Gasteiger partial charge in [-0.25, -0.2) is 0 Å². The maximum Gasteiger partial charge on any atom is 0.296 e. The summed E-state index contributed by atoms with van der Waals surface area (Å²) in [5, 5.41) is 11.5. The van der Waals surface area contributed by atoms with E-state index in [0.717, 1.165) is 12.8 Å². The minimum atomic E-state index is -1.76. The molecule has 0 radical (unpaired) electrons. The van der Waals surface area contributed by atoms with E-state index in [1.165, 1.54) is 4.90 Å². The molecular weight excluding hydrogens is 460 g/mol. The van der Waals surface area contributed by atoms with Crippen LogP contribution in [0.4, 0.5) is 5.69 Å². The number of carbonyl (C=O) groups is 3. The number of rotatable bonds is 7. The van der Waals surface area contributed by atoms with Gasteiger partial charge < -0.3 is 24.4 Å². The number of anilines is 1. The molecule has 36 heavy (non-hydrogen) atoms. The summed E-state index contributed by atoms with van der Waals surface area (Å²) >= 11 is 0. The quantitative estimate of drug-likeness (QED) is 0.362. The van der Waals surface area contributed by atoms with Crippen molar-refractivity contribution in [3.05, 3.63) is 65.2 Å². The Morgan fingerprint density at radius 1 is 1.11 bits per heavy atom. The van der Waals surface area contributed by atoms with Crippen LogP contribution in [0.2, 0.25) is 0 Å². The van der Waals surface area contributed by atoms with Gasteiger partial charge in [0.2, 0.25) is 0 Å². The molecule has 0 saturated carbocycles. The lowest BCUT2D eigenvalue weighted by Crippen LogP contribution is -2.53. The van der Waals surface area contributed by atoms with E-state index < -0.39 is 23.1 Å². The third-order valence-electron chi connectivity index (χ3n) is 7.11. The Bertz CT molecular complexity index is 1230. The lowest BCUT2D eigenvalue weighted by molar-refractivity contribution is -0.145. The molecular formula is C28H30N2O6. The molecule has 8 nitrogen and oxygen atoms in total. The number of para-hydroxylation sites is 1. The summed E-state index contributed by atoms with van der Waals surface area (Å²) in [6.07, 6.45) is 1.98. The fraction of sp³-hybridized carbons (Fsp3) is 0.393. The van der Waals surface area contributed by atoms with Gasteiger partial charge in [-0.05, 0) is 56.5 Å². The molecule has 8 heteroatoms. The number of benzene rings is 2. The smallest absolute Gasteiger partial charge is 0.296 e. The number of likely N-dealkylation sites (tertiary alicyclic amines) is 1. The fourth-order valence-electron chi connectivity index (χ4n) is 5.57. The largest absolute Gasteiger partial charge is 0.507 e. The molecule has 5 rings (SSSR count). The summed E-state index contributed by atoms with van der Waals surface area (Å²) in [4.78, 5) is 44.4. The van der Waals surface area contributed by atoms with Crippen molar-refractivity contribution in [2.75, 3.05) is 31.2 Å². The molecule has 2 fully saturated rings. The summed E-state index contributed by atoms with van der Waals surface area (Å²) < 4.78 is 11.3. The third kappa shape index (κ3) is 3.51. The van der Waals surface area contributed by atoms with Crippen LogP contribution in [-0.2, 0) is 24.7 Å². The number of Topliss-reactive ketones (excluding diaryl/α,β-unsaturated/α-hetero) is 1.